The summed E-state index contributed by atoms with van der Waals surface area (Å²) in [6.07, 6.45) is 0.750. The first kappa shape index (κ1) is 9.18. The van der Waals surface area contributed by atoms with E-state index in [4.69, 9.17) is 21.8 Å². The maximum atomic E-state index is 8.35. The zero-order valence-corrected chi connectivity index (χ0v) is 4.25. The van der Waals surface area contributed by atoms with Gasteiger partial charge in [-0.05, 0) is 0 Å². The topological polar surface area (TPSA) is 40.9 Å². The van der Waals surface area contributed by atoms with E-state index in [1.54, 1.807) is 0 Å². The molecule has 6 heavy (non-hydrogen) atoms. The molecule has 1 N–H and O–H groups in total. The molecule has 0 saturated carbocycles. The van der Waals surface area contributed by atoms with E-state index in [9.17, 15) is 0 Å². The first-order chi connectivity index (χ1) is 2.83. The van der Waals surface area contributed by atoms with Gasteiger partial charge in [-0.1, -0.05) is 6.92 Å². The van der Waals surface area contributed by atoms with Crippen molar-refractivity contribution in [1.82, 2.24) is 0 Å². The van der Waals surface area contributed by atoms with Gasteiger partial charge in [0.2, 0.25) is 6.08 Å². The van der Waals surface area contributed by atoms with Crippen molar-refractivity contribution in [2.24, 2.45) is 0 Å². The second-order valence-corrected chi connectivity index (χ2v) is 0.904. The van der Waals surface area contributed by atoms with Crippen molar-refractivity contribution in [3.63, 3.8) is 0 Å². The number of nitrogens with one attached hydrogen (secondary N) is 1. The van der Waals surface area contributed by atoms with E-state index in [1.165, 1.54) is 0 Å². The normalized spacial score (nSPS) is 4.33. The molecule has 0 aromatic heterocycles. The van der Waals surface area contributed by atoms with Crippen LogP contribution in [0.2, 0.25) is 0 Å². The third-order valence-corrected chi connectivity index (χ3v) is 0. The lowest BCUT2D eigenvalue weighted by atomic mass is 11.0. The van der Waals surface area contributed by atoms with Crippen LogP contribution in [0.15, 0.2) is 0 Å². The van der Waals surface area contributed by atoms with E-state index in [2.05, 4.69) is 0 Å². The molecule has 0 aliphatic carbocycles. The van der Waals surface area contributed by atoms with Gasteiger partial charge in [-0.15, -0.1) is 11.6 Å². The van der Waals surface area contributed by atoms with Gasteiger partial charge in [0.15, 0.2) is 0 Å². The first-order valence-corrected chi connectivity index (χ1v) is 1.96. The van der Waals surface area contributed by atoms with Gasteiger partial charge in [-0.2, -0.15) is 0 Å². The highest BCUT2D eigenvalue weighted by molar-refractivity contribution is 6.17. The third kappa shape index (κ3) is 240. The maximum Gasteiger partial charge on any atom is 0.231 e. The molecule has 0 fully saturated rings. The Morgan fingerprint density at radius 1 is 2.00 bits per heavy atom. The summed E-state index contributed by atoms with van der Waals surface area (Å²) in [5.41, 5.74) is 0. The lowest BCUT2D eigenvalue weighted by molar-refractivity contribution is 0.563. The summed E-state index contributed by atoms with van der Waals surface area (Å²) in [4.78, 5) is 8.35. The molecule has 2 nitrogen and oxygen atoms in total. The van der Waals surface area contributed by atoms with Gasteiger partial charge in [0.25, 0.3) is 0 Å². The minimum atomic E-state index is 0.722. The van der Waals surface area contributed by atoms with Crippen molar-refractivity contribution in [2.75, 3.05) is 5.88 Å². The lowest BCUT2D eigenvalue weighted by Crippen LogP contribution is -1.36. The number of carbonyl (C=O) groups excluding carboxylic acids is 1. The highest BCUT2D eigenvalue weighted by Gasteiger charge is 1.38. The predicted molar refractivity (Wildman–Crippen MR) is 24.8 cm³/mol. The van der Waals surface area contributed by atoms with E-state index >= 15 is 0 Å². The van der Waals surface area contributed by atoms with Crippen molar-refractivity contribution in [3.05, 3.63) is 0 Å². The quantitative estimate of drug-likeness (QED) is 0.282. The highest BCUT2D eigenvalue weighted by atomic mass is 35.5. The molecule has 0 heterocycles. The summed E-state index contributed by atoms with van der Waals surface area (Å²) in [5, 5.41) is 5.40. The second kappa shape index (κ2) is 22.6. The van der Waals surface area contributed by atoms with Gasteiger partial charge >= 0.3 is 0 Å². The van der Waals surface area contributed by atoms with Gasteiger partial charge < -0.3 is 0 Å². The maximum absolute atomic E-state index is 8.35. The van der Waals surface area contributed by atoms with E-state index in [0.717, 1.165) is 12.0 Å². The highest BCUT2D eigenvalue weighted by Crippen LogP contribution is 1.59. The van der Waals surface area contributed by atoms with Crippen LogP contribution in [0.25, 0.3) is 0 Å². The molecule has 0 amide bonds. The van der Waals surface area contributed by atoms with Crippen LogP contribution in [0.1, 0.15) is 6.92 Å². The van der Waals surface area contributed by atoms with E-state index in [1.807, 2.05) is 6.92 Å². The molecule has 0 aliphatic heterocycles. The van der Waals surface area contributed by atoms with Crippen molar-refractivity contribution in [3.8, 4) is 0 Å². The molecule has 3 heteroatoms. The molecule has 0 aromatic carbocycles. The lowest BCUT2D eigenvalue weighted by Gasteiger charge is -1.45. The fourth-order valence-corrected chi connectivity index (χ4v) is 0. The van der Waals surface area contributed by atoms with Crippen LogP contribution in [0.4, 0.5) is 0 Å². The smallest absolute Gasteiger partial charge is 0.222 e. The summed E-state index contributed by atoms with van der Waals surface area (Å²) < 4.78 is 0. The van der Waals surface area contributed by atoms with Crippen molar-refractivity contribution in [1.29, 1.82) is 5.41 Å². The van der Waals surface area contributed by atoms with Crippen LogP contribution in [-0.2, 0) is 4.79 Å². The molecular weight excluding hydrogens is 101 g/mol. The molecule has 0 saturated heterocycles. The van der Waals surface area contributed by atoms with Crippen LogP contribution in [0.5, 0.6) is 0 Å². The number of isocyanates is 1. The predicted octanol–water partition coefficient (Wildman–Crippen LogP) is 1.15. The zero-order valence-electron chi connectivity index (χ0n) is 3.49. The summed E-state index contributed by atoms with van der Waals surface area (Å²) >= 11 is 5.00. The van der Waals surface area contributed by atoms with Crippen LogP contribution in [0.3, 0.4) is 0 Å². The van der Waals surface area contributed by atoms with E-state index in [-0.39, 0.29) is 0 Å². The van der Waals surface area contributed by atoms with Gasteiger partial charge in [0.1, 0.15) is 0 Å². The number of rotatable bonds is 0. The molecule has 0 rings (SSSR count). The Morgan fingerprint density at radius 3 is 2.00 bits per heavy atom. The minimum absolute atomic E-state index is 0.722. The SMILES string of the molecule is CCCl.N=C=O. The summed E-state index contributed by atoms with van der Waals surface area (Å²) in [7, 11) is 0. The molecule has 0 spiro atoms. The molecule has 0 atom stereocenters. The summed E-state index contributed by atoms with van der Waals surface area (Å²) in [6.45, 7) is 1.89. The Morgan fingerprint density at radius 2 is 2.00 bits per heavy atom. The Balaban J connectivity index is 0. The zero-order chi connectivity index (χ0) is 5.41. The fourth-order valence-electron chi connectivity index (χ4n) is 0. The Labute approximate surface area is 41.6 Å². The average molecular weight is 108 g/mol. The molecule has 0 aliphatic rings. The monoisotopic (exact) mass is 107 g/mol. The number of hydrogen-bond acceptors (Lipinski definition) is 2. The number of alkyl halides is 1. The second-order valence-electron chi connectivity index (χ2n) is 0.369. The Kier molecular flexibility index (Phi) is 34.5. The molecule has 0 radical (unpaired) electrons. The minimum Gasteiger partial charge on any atom is -0.222 e. The molecule has 0 bridgehead atoms. The number of hydrogen-bond donors (Lipinski definition) is 1. The third-order valence-electron chi connectivity index (χ3n) is 0. The van der Waals surface area contributed by atoms with Gasteiger partial charge in [-0.25, -0.2) is 10.2 Å². The standard InChI is InChI=1S/C2H5Cl.CHNO/c1-2-3;2-1-3/h2H2,1H3;2H. The van der Waals surface area contributed by atoms with Crippen molar-refractivity contribution in [2.45, 2.75) is 6.92 Å². The van der Waals surface area contributed by atoms with Gasteiger partial charge in [0.05, 0.1) is 0 Å². The first-order valence-electron chi connectivity index (χ1n) is 1.43. The van der Waals surface area contributed by atoms with Crippen LogP contribution >= 0.6 is 11.6 Å². The molecular formula is C3H6ClNO. The Hall–Kier alpha value is -0.330. The molecule has 0 unspecified atom stereocenters. The van der Waals surface area contributed by atoms with Crippen LogP contribution < -0.4 is 0 Å². The Bertz CT molecular complexity index is 40.1. The van der Waals surface area contributed by atoms with E-state index < -0.39 is 0 Å². The van der Waals surface area contributed by atoms with E-state index in [0.29, 0.717) is 0 Å². The largest absolute Gasteiger partial charge is 0.231 e. The average Bonchev–Trinajstić information content (AvgIpc) is 1.39. The van der Waals surface area contributed by atoms with Crippen molar-refractivity contribution < 1.29 is 4.79 Å². The van der Waals surface area contributed by atoms with Gasteiger partial charge in [-0.3, -0.25) is 0 Å². The molecule has 36 valence electrons. The summed E-state index contributed by atoms with van der Waals surface area (Å²) in [5.74, 6) is 0.722. The number of halogens is 1. The molecule has 0 aromatic rings. The van der Waals surface area contributed by atoms with Crippen LogP contribution in [-0.4, -0.2) is 12.0 Å². The van der Waals surface area contributed by atoms with Crippen LogP contribution in [0, 0.1) is 5.41 Å². The van der Waals surface area contributed by atoms with Gasteiger partial charge in [0, 0.05) is 5.88 Å². The fraction of sp³-hybridized carbons (Fsp3) is 0.667. The van der Waals surface area contributed by atoms with Crippen molar-refractivity contribution >= 4 is 17.7 Å². The summed E-state index contributed by atoms with van der Waals surface area (Å²) in [6, 6.07) is 0.